The normalized spacial score (nSPS) is 10.7. The molecule has 1 amide bonds. The molecule has 0 saturated heterocycles. The van der Waals surface area contributed by atoms with Crippen LogP contribution in [0.3, 0.4) is 0 Å². The molecule has 26 heavy (non-hydrogen) atoms. The average molecular weight is 354 g/mol. The molecule has 0 aliphatic carbocycles. The van der Waals surface area contributed by atoms with E-state index in [-0.39, 0.29) is 5.91 Å². The Bertz CT molecular complexity index is 869. The van der Waals surface area contributed by atoms with Crippen LogP contribution in [0.5, 0.6) is 11.5 Å². The Balaban J connectivity index is 1.49. The summed E-state index contributed by atoms with van der Waals surface area (Å²) in [6, 6.07) is 11.4. The maximum atomic E-state index is 12.1. The topological polar surface area (TPSA) is 77.8 Å². The van der Waals surface area contributed by atoms with Crippen molar-refractivity contribution in [3.05, 3.63) is 54.0 Å². The highest BCUT2D eigenvalue weighted by Gasteiger charge is 2.08. The first kappa shape index (κ1) is 17.7. The summed E-state index contributed by atoms with van der Waals surface area (Å²) in [5.74, 6) is 2.27. The summed E-state index contributed by atoms with van der Waals surface area (Å²) in [5, 5.41) is 11.2. The molecule has 1 N–H and O–H groups in total. The zero-order chi connectivity index (χ0) is 18.4. The number of methoxy groups -OCH3 is 2. The van der Waals surface area contributed by atoms with Gasteiger partial charge in [0.25, 0.3) is 0 Å². The van der Waals surface area contributed by atoms with Crippen LogP contribution in [0.15, 0.2) is 42.6 Å². The first-order valence-electron chi connectivity index (χ1n) is 8.47. The van der Waals surface area contributed by atoms with Gasteiger partial charge in [-0.15, -0.1) is 10.2 Å². The summed E-state index contributed by atoms with van der Waals surface area (Å²) < 4.78 is 12.4. The Morgan fingerprint density at radius 2 is 1.85 bits per heavy atom. The number of rotatable bonds is 8. The second kappa shape index (κ2) is 8.33. The van der Waals surface area contributed by atoms with Crippen molar-refractivity contribution in [1.82, 2.24) is 19.9 Å². The Kier molecular flexibility index (Phi) is 5.68. The van der Waals surface area contributed by atoms with Crippen LogP contribution >= 0.6 is 0 Å². The Labute approximate surface area is 152 Å². The molecular formula is C19H22N4O3. The fourth-order valence-electron chi connectivity index (χ4n) is 2.73. The van der Waals surface area contributed by atoms with Crippen molar-refractivity contribution >= 4 is 11.6 Å². The van der Waals surface area contributed by atoms with Crippen LogP contribution in [-0.4, -0.2) is 41.3 Å². The number of carbonyl (C=O) groups excluding carboxylic acids is 1. The third kappa shape index (κ3) is 4.30. The maximum Gasteiger partial charge on any atom is 0.220 e. The van der Waals surface area contributed by atoms with Crippen molar-refractivity contribution in [2.75, 3.05) is 20.8 Å². The summed E-state index contributed by atoms with van der Waals surface area (Å²) in [7, 11) is 3.22. The number of amides is 1. The molecule has 3 aromatic rings. The van der Waals surface area contributed by atoms with Gasteiger partial charge in [-0.1, -0.05) is 6.07 Å². The third-order valence-electron chi connectivity index (χ3n) is 4.11. The monoisotopic (exact) mass is 354 g/mol. The minimum absolute atomic E-state index is 0.000563. The summed E-state index contributed by atoms with van der Waals surface area (Å²) >= 11 is 0. The molecule has 0 spiro atoms. The van der Waals surface area contributed by atoms with Gasteiger partial charge < -0.3 is 14.8 Å². The van der Waals surface area contributed by atoms with Crippen molar-refractivity contribution in [3.63, 3.8) is 0 Å². The van der Waals surface area contributed by atoms with Crippen molar-refractivity contribution < 1.29 is 14.3 Å². The van der Waals surface area contributed by atoms with E-state index in [1.807, 2.05) is 47.0 Å². The summed E-state index contributed by atoms with van der Waals surface area (Å²) in [4.78, 5) is 12.1. The van der Waals surface area contributed by atoms with Gasteiger partial charge in [0.15, 0.2) is 5.65 Å². The van der Waals surface area contributed by atoms with Crippen LogP contribution in [0.25, 0.3) is 5.65 Å². The molecule has 0 aliphatic rings. The number of benzene rings is 1. The van der Waals surface area contributed by atoms with Crippen LogP contribution in [0, 0.1) is 0 Å². The summed E-state index contributed by atoms with van der Waals surface area (Å²) in [6.45, 7) is 0.524. The minimum Gasteiger partial charge on any atom is -0.497 e. The van der Waals surface area contributed by atoms with Crippen molar-refractivity contribution in [2.24, 2.45) is 0 Å². The van der Waals surface area contributed by atoms with Crippen LogP contribution in [0.4, 0.5) is 0 Å². The molecule has 0 unspecified atom stereocenters. The lowest BCUT2D eigenvalue weighted by atomic mass is 10.1. The van der Waals surface area contributed by atoms with E-state index in [2.05, 4.69) is 15.5 Å². The molecule has 0 fully saturated rings. The SMILES string of the molecule is COc1cc(CCC(=O)NCCc2nnc3ccccn23)cc(OC)c1. The molecule has 0 aliphatic heterocycles. The van der Waals surface area contributed by atoms with E-state index in [1.54, 1.807) is 14.2 Å². The first-order chi connectivity index (χ1) is 12.7. The predicted octanol–water partition coefficient (Wildman–Crippen LogP) is 2.04. The number of ether oxygens (including phenoxy) is 2. The Morgan fingerprint density at radius 1 is 1.08 bits per heavy atom. The smallest absolute Gasteiger partial charge is 0.220 e. The van der Waals surface area contributed by atoms with Gasteiger partial charge in [-0.25, -0.2) is 0 Å². The van der Waals surface area contributed by atoms with Gasteiger partial charge in [0.1, 0.15) is 17.3 Å². The molecule has 3 rings (SSSR count). The number of nitrogens with zero attached hydrogens (tertiary/aromatic N) is 3. The van der Waals surface area contributed by atoms with E-state index in [0.29, 0.717) is 25.8 Å². The first-order valence-corrected chi connectivity index (χ1v) is 8.47. The van der Waals surface area contributed by atoms with Crippen LogP contribution in [0.2, 0.25) is 0 Å². The Morgan fingerprint density at radius 3 is 2.58 bits per heavy atom. The molecule has 2 aromatic heterocycles. The van der Waals surface area contributed by atoms with E-state index in [4.69, 9.17) is 9.47 Å². The maximum absolute atomic E-state index is 12.1. The van der Waals surface area contributed by atoms with Gasteiger partial charge in [-0.3, -0.25) is 9.20 Å². The van der Waals surface area contributed by atoms with E-state index in [0.717, 1.165) is 28.5 Å². The molecule has 0 bridgehead atoms. The molecule has 0 saturated carbocycles. The highest BCUT2D eigenvalue weighted by molar-refractivity contribution is 5.76. The quantitative estimate of drug-likeness (QED) is 0.670. The molecule has 0 radical (unpaired) electrons. The minimum atomic E-state index is 0.000563. The van der Waals surface area contributed by atoms with Gasteiger partial charge in [-0.05, 0) is 36.2 Å². The predicted molar refractivity (Wildman–Crippen MR) is 97.6 cm³/mol. The highest BCUT2D eigenvalue weighted by Crippen LogP contribution is 2.23. The number of nitrogens with one attached hydrogen (secondary N) is 1. The van der Waals surface area contributed by atoms with E-state index >= 15 is 0 Å². The van der Waals surface area contributed by atoms with Crippen LogP contribution < -0.4 is 14.8 Å². The number of fused-ring (bicyclic) bond motifs is 1. The van der Waals surface area contributed by atoms with Crippen molar-refractivity contribution in [3.8, 4) is 11.5 Å². The molecular weight excluding hydrogens is 332 g/mol. The van der Waals surface area contributed by atoms with Crippen LogP contribution in [-0.2, 0) is 17.6 Å². The zero-order valence-electron chi connectivity index (χ0n) is 14.9. The number of aromatic nitrogens is 3. The van der Waals surface area contributed by atoms with E-state index in [9.17, 15) is 4.79 Å². The molecule has 136 valence electrons. The zero-order valence-corrected chi connectivity index (χ0v) is 14.9. The van der Waals surface area contributed by atoms with Gasteiger partial charge in [0.05, 0.1) is 14.2 Å². The lowest BCUT2D eigenvalue weighted by molar-refractivity contribution is -0.121. The third-order valence-corrected chi connectivity index (χ3v) is 4.11. The molecule has 0 atom stereocenters. The number of hydrogen-bond acceptors (Lipinski definition) is 5. The number of aryl methyl sites for hydroxylation is 1. The summed E-state index contributed by atoms with van der Waals surface area (Å²) in [5.41, 5.74) is 1.81. The number of carbonyl (C=O) groups is 1. The standard InChI is InChI=1S/C19H22N4O3/c1-25-15-11-14(12-16(13-15)26-2)6-7-19(24)20-9-8-18-22-21-17-5-3-4-10-23(17)18/h3-5,10-13H,6-9H2,1-2H3,(H,20,24). The van der Waals surface area contributed by atoms with E-state index < -0.39 is 0 Å². The summed E-state index contributed by atoms with van der Waals surface area (Å²) in [6.07, 6.45) is 3.57. The molecule has 7 heteroatoms. The second-order valence-corrected chi connectivity index (χ2v) is 5.87. The lowest BCUT2D eigenvalue weighted by Gasteiger charge is -2.09. The van der Waals surface area contributed by atoms with Crippen molar-refractivity contribution in [1.29, 1.82) is 0 Å². The van der Waals surface area contributed by atoms with Crippen LogP contribution in [0.1, 0.15) is 17.8 Å². The molecule has 1 aromatic carbocycles. The Hall–Kier alpha value is -3.09. The molecule has 2 heterocycles. The average Bonchev–Trinajstić information content (AvgIpc) is 3.09. The van der Waals surface area contributed by atoms with Gasteiger partial charge in [0, 0.05) is 31.6 Å². The van der Waals surface area contributed by atoms with Gasteiger partial charge >= 0.3 is 0 Å². The number of hydrogen-bond donors (Lipinski definition) is 1. The van der Waals surface area contributed by atoms with E-state index in [1.165, 1.54) is 0 Å². The highest BCUT2D eigenvalue weighted by atomic mass is 16.5. The molecule has 7 nitrogen and oxygen atoms in total. The second-order valence-electron chi connectivity index (χ2n) is 5.87. The van der Waals surface area contributed by atoms with Gasteiger partial charge in [0.2, 0.25) is 5.91 Å². The van der Waals surface area contributed by atoms with Gasteiger partial charge in [-0.2, -0.15) is 0 Å². The fourth-order valence-corrected chi connectivity index (χ4v) is 2.73. The lowest BCUT2D eigenvalue weighted by Crippen LogP contribution is -2.26. The van der Waals surface area contributed by atoms with Crippen molar-refractivity contribution in [2.45, 2.75) is 19.3 Å². The largest absolute Gasteiger partial charge is 0.497 e. The fraction of sp³-hybridized carbons (Fsp3) is 0.316. The number of pyridine rings is 1.